The Morgan fingerprint density at radius 1 is 1.33 bits per heavy atom. The maximum absolute atomic E-state index is 12.5. The van der Waals surface area contributed by atoms with Crippen molar-refractivity contribution >= 4 is 17.9 Å². The van der Waals surface area contributed by atoms with Crippen LogP contribution in [0, 0.1) is 5.92 Å². The van der Waals surface area contributed by atoms with Gasteiger partial charge in [0.1, 0.15) is 11.9 Å². The predicted octanol–water partition coefficient (Wildman–Crippen LogP) is 1.48. The van der Waals surface area contributed by atoms with Crippen LogP contribution >= 0.6 is 0 Å². The van der Waals surface area contributed by atoms with Gasteiger partial charge in [0.2, 0.25) is 5.91 Å². The summed E-state index contributed by atoms with van der Waals surface area (Å²) in [4.78, 5) is 24.7. The fourth-order valence-corrected chi connectivity index (χ4v) is 3.58. The van der Waals surface area contributed by atoms with Crippen molar-refractivity contribution in [2.45, 2.75) is 31.4 Å². The lowest BCUT2D eigenvalue weighted by Gasteiger charge is -2.39. The molecule has 1 aliphatic heterocycles. The number of carbonyl (C=O) groups is 2. The van der Waals surface area contributed by atoms with Gasteiger partial charge in [-0.1, -0.05) is 18.2 Å². The second-order valence-corrected chi connectivity index (χ2v) is 6.78. The zero-order chi connectivity index (χ0) is 19.2. The van der Waals surface area contributed by atoms with Gasteiger partial charge in [-0.3, -0.25) is 9.59 Å². The Hall–Kier alpha value is -2.54. The first-order chi connectivity index (χ1) is 13.1. The van der Waals surface area contributed by atoms with Crippen molar-refractivity contribution in [3.05, 3.63) is 35.6 Å². The molecule has 1 saturated carbocycles. The standard InChI is InChI=1S/C20H26N2O5/c1-25-10-9-21-19(23)14-7-8-17-15(11-14)22-20(24)18(27-17)12-13-5-3-4-6-16(13)26-2/h3-6,12,14-15,17H,7-11H2,1-2H3,(H,21,23)(H,22,24)/b18-12-. The normalized spacial score (nSPS) is 25.9. The Morgan fingerprint density at radius 3 is 2.93 bits per heavy atom. The van der Waals surface area contributed by atoms with Gasteiger partial charge in [-0.15, -0.1) is 0 Å². The number of amides is 2. The van der Waals surface area contributed by atoms with Crippen molar-refractivity contribution in [3.8, 4) is 5.75 Å². The fraction of sp³-hybridized carbons (Fsp3) is 0.500. The highest BCUT2D eigenvalue weighted by Gasteiger charge is 2.40. The number of ether oxygens (including phenoxy) is 3. The Labute approximate surface area is 159 Å². The molecule has 3 atom stereocenters. The van der Waals surface area contributed by atoms with Crippen molar-refractivity contribution in [2.24, 2.45) is 5.92 Å². The molecule has 146 valence electrons. The number of hydrogen-bond donors (Lipinski definition) is 2. The first-order valence-corrected chi connectivity index (χ1v) is 9.21. The minimum atomic E-state index is -0.261. The molecule has 0 bridgehead atoms. The van der Waals surface area contributed by atoms with Gasteiger partial charge in [-0.2, -0.15) is 0 Å². The molecule has 7 heteroatoms. The highest BCUT2D eigenvalue weighted by molar-refractivity contribution is 5.97. The molecule has 0 aromatic heterocycles. The smallest absolute Gasteiger partial charge is 0.286 e. The third kappa shape index (κ3) is 4.60. The van der Waals surface area contributed by atoms with Gasteiger partial charge < -0.3 is 24.8 Å². The molecule has 2 N–H and O–H groups in total. The van der Waals surface area contributed by atoms with E-state index in [9.17, 15) is 9.59 Å². The number of fused-ring (bicyclic) bond motifs is 1. The van der Waals surface area contributed by atoms with Crippen LogP contribution in [0.5, 0.6) is 5.75 Å². The summed E-state index contributed by atoms with van der Waals surface area (Å²) in [6.45, 7) is 0.982. The highest BCUT2D eigenvalue weighted by atomic mass is 16.5. The molecule has 27 heavy (non-hydrogen) atoms. The second kappa shape index (κ2) is 8.90. The average molecular weight is 374 g/mol. The SMILES string of the molecule is COCCNC(=O)C1CCC2O/C(=C\c3ccccc3OC)C(=O)NC2C1. The van der Waals surface area contributed by atoms with E-state index in [-0.39, 0.29) is 35.6 Å². The molecule has 0 radical (unpaired) electrons. The fourth-order valence-electron chi connectivity index (χ4n) is 3.58. The lowest BCUT2D eigenvalue weighted by Crippen LogP contribution is -2.54. The van der Waals surface area contributed by atoms with Crippen molar-refractivity contribution in [1.82, 2.24) is 10.6 Å². The first kappa shape index (κ1) is 19.2. The minimum absolute atomic E-state index is 0.00936. The Balaban J connectivity index is 1.64. The summed E-state index contributed by atoms with van der Waals surface area (Å²) in [6, 6.07) is 7.31. The van der Waals surface area contributed by atoms with Gasteiger partial charge in [0.15, 0.2) is 5.76 Å². The van der Waals surface area contributed by atoms with Crippen molar-refractivity contribution < 1.29 is 23.8 Å². The molecule has 7 nitrogen and oxygen atoms in total. The van der Waals surface area contributed by atoms with E-state index in [1.165, 1.54) is 0 Å². The summed E-state index contributed by atoms with van der Waals surface area (Å²) in [5.74, 6) is 0.591. The van der Waals surface area contributed by atoms with Crippen LogP contribution < -0.4 is 15.4 Å². The maximum atomic E-state index is 12.5. The van der Waals surface area contributed by atoms with E-state index >= 15 is 0 Å². The topological polar surface area (TPSA) is 85.9 Å². The summed E-state index contributed by atoms with van der Waals surface area (Å²) in [5.41, 5.74) is 0.787. The molecule has 0 spiro atoms. The van der Waals surface area contributed by atoms with Gasteiger partial charge in [0.05, 0.1) is 19.8 Å². The molecule has 1 saturated heterocycles. The molecule has 1 aromatic rings. The summed E-state index contributed by atoms with van der Waals surface area (Å²) >= 11 is 0. The van der Waals surface area contributed by atoms with Crippen molar-refractivity contribution in [1.29, 1.82) is 0 Å². The summed E-state index contributed by atoms with van der Waals surface area (Å²) in [6.07, 6.45) is 3.62. The number of methoxy groups -OCH3 is 2. The van der Waals surface area contributed by atoms with E-state index in [1.54, 1.807) is 20.3 Å². The van der Waals surface area contributed by atoms with Gasteiger partial charge in [0, 0.05) is 25.1 Å². The predicted molar refractivity (Wildman–Crippen MR) is 100 cm³/mol. The number of hydrogen-bond acceptors (Lipinski definition) is 5. The number of rotatable bonds is 6. The van der Waals surface area contributed by atoms with Crippen LogP contribution in [0.15, 0.2) is 30.0 Å². The largest absolute Gasteiger partial charge is 0.496 e. The molecule has 1 aromatic carbocycles. The van der Waals surface area contributed by atoms with E-state index < -0.39 is 0 Å². The molecule has 3 rings (SSSR count). The van der Waals surface area contributed by atoms with Crippen LogP contribution in [0.25, 0.3) is 6.08 Å². The second-order valence-electron chi connectivity index (χ2n) is 6.78. The van der Waals surface area contributed by atoms with E-state index in [4.69, 9.17) is 14.2 Å². The number of carbonyl (C=O) groups excluding carboxylic acids is 2. The Kier molecular flexibility index (Phi) is 6.34. The third-order valence-corrected chi connectivity index (χ3v) is 5.01. The van der Waals surface area contributed by atoms with Gasteiger partial charge >= 0.3 is 0 Å². The van der Waals surface area contributed by atoms with Crippen LogP contribution in [-0.4, -0.2) is 51.3 Å². The van der Waals surface area contributed by atoms with E-state index in [0.717, 1.165) is 18.4 Å². The maximum Gasteiger partial charge on any atom is 0.286 e. The van der Waals surface area contributed by atoms with Crippen LogP contribution in [0.4, 0.5) is 0 Å². The zero-order valence-electron chi connectivity index (χ0n) is 15.7. The lowest BCUT2D eigenvalue weighted by atomic mass is 9.82. The number of para-hydroxylation sites is 1. The van der Waals surface area contributed by atoms with Crippen molar-refractivity contribution in [2.75, 3.05) is 27.4 Å². The molecular formula is C20H26N2O5. The molecule has 2 aliphatic rings. The van der Waals surface area contributed by atoms with Crippen LogP contribution in [0.1, 0.15) is 24.8 Å². The number of morpholine rings is 1. The van der Waals surface area contributed by atoms with Crippen LogP contribution in [0.2, 0.25) is 0 Å². The van der Waals surface area contributed by atoms with E-state index in [0.29, 0.717) is 25.3 Å². The summed E-state index contributed by atoms with van der Waals surface area (Å²) in [7, 11) is 3.19. The van der Waals surface area contributed by atoms with Crippen molar-refractivity contribution in [3.63, 3.8) is 0 Å². The zero-order valence-corrected chi connectivity index (χ0v) is 15.7. The molecule has 1 aliphatic carbocycles. The lowest BCUT2D eigenvalue weighted by molar-refractivity contribution is -0.134. The molecule has 1 heterocycles. The van der Waals surface area contributed by atoms with Gasteiger partial charge in [-0.05, 0) is 31.4 Å². The molecule has 3 unspecified atom stereocenters. The molecule has 2 amide bonds. The number of benzene rings is 1. The number of nitrogens with one attached hydrogen (secondary N) is 2. The first-order valence-electron chi connectivity index (χ1n) is 9.21. The van der Waals surface area contributed by atoms with Gasteiger partial charge in [-0.25, -0.2) is 0 Å². The Bertz CT molecular complexity index is 718. The molecular weight excluding hydrogens is 348 g/mol. The third-order valence-electron chi connectivity index (χ3n) is 5.01. The Morgan fingerprint density at radius 2 is 2.15 bits per heavy atom. The molecule has 2 fully saturated rings. The quantitative estimate of drug-likeness (QED) is 0.582. The minimum Gasteiger partial charge on any atom is -0.496 e. The summed E-state index contributed by atoms with van der Waals surface area (Å²) in [5, 5.41) is 5.87. The van der Waals surface area contributed by atoms with E-state index in [2.05, 4.69) is 10.6 Å². The monoisotopic (exact) mass is 374 g/mol. The highest BCUT2D eigenvalue weighted by Crippen LogP contribution is 2.32. The van der Waals surface area contributed by atoms with Crippen LogP contribution in [-0.2, 0) is 19.1 Å². The summed E-state index contributed by atoms with van der Waals surface area (Å²) < 4.78 is 16.2. The average Bonchev–Trinajstić information content (AvgIpc) is 2.68. The van der Waals surface area contributed by atoms with Gasteiger partial charge in [0.25, 0.3) is 5.91 Å². The van der Waals surface area contributed by atoms with Crippen LogP contribution in [0.3, 0.4) is 0 Å². The van der Waals surface area contributed by atoms with E-state index in [1.807, 2.05) is 24.3 Å².